The zero-order valence-corrected chi connectivity index (χ0v) is 13.8. The van der Waals surface area contributed by atoms with E-state index in [0.717, 1.165) is 31.0 Å². The third kappa shape index (κ3) is 3.23. The molecule has 0 N–H and O–H groups in total. The molecule has 0 saturated carbocycles. The predicted molar refractivity (Wildman–Crippen MR) is 88.7 cm³/mol. The number of carbonyl (C=O) groups is 1. The first kappa shape index (κ1) is 15.2. The van der Waals surface area contributed by atoms with Gasteiger partial charge in [-0.1, -0.05) is 16.1 Å². The topological polar surface area (TPSA) is 49.3 Å². The first-order valence-corrected chi connectivity index (χ1v) is 8.41. The maximum absolute atomic E-state index is 12.3. The summed E-state index contributed by atoms with van der Waals surface area (Å²) in [6.45, 7) is 1.86. The number of aromatic nitrogens is 2. The Labute approximate surface area is 138 Å². The van der Waals surface area contributed by atoms with Crippen molar-refractivity contribution in [3.05, 3.63) is 40.4 Å². The molecule has 1 aliphatic rings. The summed E-state index contributed by atoms with van der Waals surface area (Å²) >= 11 is 7.13. The van der Waals surface area contributed by atoms with Gasteiger partial charge in [0.05, 0.1) is 0 Å². The molecule has 0 spiro atoms. The largest absolute Gasteiger partial charge is 0.371 e. The van der Waals surface area contributed by atoms with Gasteiger partial charge in [0.15, 0.2) is 5.69 Å². The molecule has 3 rings (SSSR count). The molecule has 1 aromatic heterocycles. The summed E-state index contributed by atoms with van der Waals surface area (Å²) in [6.07, 6.45) is 1.89. The van der Waals surface area contributed by atoms with Crippen LogP contribution in [0.2, 0.25) is 5.02 Å². The van der Waals surface area contributed by atoms with Gasteiger partial charge in [0, 0.05) is 42.3 Å². The fourth-order valence-electron chi connectivity index (χ4n) is 2.77. The van der Waals surface area contributed by atoms with Crippen molar-refractivity contribution in [2.24, 2.45) is 0 Å². The number of hydrogen-bond donors (Lipinski definition) is 0. The van der Waals surface area contributed by atoms with Gasteiger partial charge in [-0.3, -0.25) is 4.79 Å². The van der Waals surface area contributed by atoms with E-state index in [-0.39, 0.29) is 11.9 Å². The molecule has 7 heteroatoms. The van der Waals surface area contributed by atoms with Crippen LogP contribution in [0.3, 0.4) is 0 Å². The number of hydrogen-bond acceptors (Lipinski definition) is 5. The van der Waals surface area contributed by atoms with Crippen LogP contribution in [0, 0.1) is 0 Å². The SMILES string of the molecule is CN(C(=O)c1csnn1)C1CCN(c2ccc(Cl)cc2)CC1. The number of carbonyl (C=O) groups excluding carboxylic acids is 1. The molecule has 22 heavy (non-hydrogen) atoms. The first-order chi connectivity index (χ1) is 10.6. The summed E-state index contributed by atoms with van der Waals surface area (Å²) in [5, 5.41) is 6.30. The van der Waals surface area contributed by atoms with Crippen molar-refractivity contribution in [1.82, 2.24) is 14.5 Å². The van der Waals surface area contributed by atoms with E-state index in [1.165, 1.54) is 17.2 Å². The summed E-state index contributed by atoms with van der Waals surface area (Å²) < 4.78 is 3.75. The molecule has 0 unspecified atom stereocenters. The minimum Gasteiger partial charge on any atom is -0.371 e. The summed E-state index contributed by atoms with van der Waals surface area (Å²) in [5.74, 6) is -0.0429. The van der Waals surface area contributed by atoms with Crippen LogP contribution in [0.25, 0.3) is 0 Å². The molecule has 2 heterocycles. The van der Waals surface area contributed by atoms with Gasteiger partial charge in [0.25, 0.3) is 5.91 Å². The molecule has 0 bridgehead atoms. The fourth-order valence-corrected chi connectivity index (χ4v) is 3.32. The van der Waals surface area contributed by atoms with E-state index in [4.69, 9.17) is 11.6 Å². The van der Waals surface area contributed by atoms with Crippen LogP contribution in [0.1, 0.15) is 23.3 Å². The molecule has 1 saturated heterocycles. The van der Waals surface area contributed by atoms with Crippen LogP contribution in [0.4, 0.5) is 5.69 Å². The molecular weight excluding hydrogens is 320 g/mol. The van der Waals surface area contributed by atoms with Gasteiger partial charge in [0.2, 0.25) is 0 Å². The van der Waals surface area contributed by atoms with Crippen molar-refractivity contribution in [2.45, 2.75) is 18.9 Å². The Balaban J connectivity index is 1.59. The van der Waals surface area contributed by atoms with Gasteiger partial charge in [-0.05, 0) is 48.6 Å². The zero-order valence-electron chi connectivity index (χ0n) is 12.3. The molecule has 0 atom stereocenters. The van der Waals surface area contributed by atoms with Gasteiger partial charge in [0.1, 0.15) is 0 Å². The molecule has 0 aliphatic carbocycles. The number of anilines is 1. The lowest BCUT2D eigenvalue weighted by Crippen LogP contribution is -2.45. The number of nitrogens with zero attached hydrogens (tertiary/aromatic N) is 4. The Morgan fingerprint density at radius 3 is 2.59 bits per heavy atom. The molecule has 0 radical (unpaired) electrons. The average molecular weight is 337 g/mol. The Morgan fingerprint density at radius 1 is 1.32 bits per heavy atom. The normalized spacial score (nSPS) is 15.8. The number of benzene rings is 1. The van der Waals surface area contributed by atoms with Crippen LogP contribution in [-0.2, 0) is 0 Å². The smallest absolute Gasteiger partial charge is 0.275 e. The van der Waals surface area contributed by atoms with E-state index in [1.807, 2.05) is 31.3 Å². The predicted octanol–water partition coefficient (Wildman–Crippen LogP) is 2.93. The number of rotatable bonds is 3. The van der Waals surface area contributed by atoms with E-state index in [1.54, 1.807) is 10.3 Å². The highest BCUT2D eigenvalue weighted by molar-refractivity contribution is 7.03. The maximum Gasteiger partial charge on any atom is 0.275 e. The van der Waals surface area contributed by atoms with E-state index in [0.29, 0.717) is 5.69 Å². The lowest BCUT2D eigenvalue weighted by atomic mass is 10.0. The van der Waals surface area contributed by atoms with Crippen LogP contribution >= 0.6 is 23.1 Å². The van der Waals surface area contributed by atoms with Crippen LogP contribution in [0.15, 0.2) is 29.6 Å². The molecule has 1 aliphatic heterocycles. The lowest BCUT2D eigenvalue weighted by Gasteiger charge is -2.37. The van der Waals surface area contributed by atoms with Crippen LogP contribution in [-0.4, -0.2) is 46.6 Å². The van der Waals surface area contributed by atoms with Gasteiger partial charge in [-0.25, -0.2) is 0 Å². The zero-order chi connectivity index (χ0) is 15.5. The van der Waals surface area contributed by atoms with Crippen molar-refractivity contribution in [2.75, 3.05) is 25.0 Å². The monoisotopic (exact) mass is 336 g/mol. The summed E-state index contributed by atoms with van der Waals surface area (Å²) in [5.41, 5.74) is 1.62. The summed E-state index contributed by atoms with van der Waals surface area (Å²) in [7, 11) is 1.85. The molecule has 1 aromatic carbocycles. The Hall–Kier alpha value is -1.66. The Kier molecular flexibility index (Phi) is 4.59. The van der Waals surface area contributed by atoms with E-state index >= 15 is 0 Å². The maximum atomic E-state index is 12.3. The van der Waals surface area contributed by atoms with E-state index in [2.05, 4.69) is 14.5 Å². The highest BCUT2D eigenvalue weighted by Gasteiger charge is 2.27. The van der Waals surface area contributed by atoms with Crippen LogP contribution < -0.4 is 4.90 Å². The van der Waals surface area contributed by atoms with Crippen molar-refractivity contribution in [1.29, 1.82) is 0 Å². The van der Waals surface area contributed by atoms with E-state index < -0.39 is 0 Å². The molecule has 116 valence electrons. The first-order valence-electron chi connectivity index (χ1n) is 7.20. The summed E-state index contributed by atoms with van der Waals surface area (Å²) in [6, 6.07) is 8.15. The quantitative estimate of drug-likeness (QED) is 0.864. The van der Waals surface area contributed by atoms with Crippen molar-refractivity contribution in [3.63, 3.8) is 0 Å². The second-order valence-electron chi connectivity index (χ2n) is 5.40. The Morgan fingerprint density at radius 2 is 2.00 bits per heavy atom. The van der Waals surface area contributed by atoms with Gasteiger partial charge in [-0.2, -0.15) is 0 Å². The number of piperidine rings is 1. The fraction of sp³-hybridized carbons (Fsp3) is 0.400. The Bertz CT molecular complexity index is 624. The van der Waals surface area contributed by atoms with Gasteiger partial charge in [-0.15, -0.1) is 5.10 Å². The van der Waals surface area contributed by atoms with Crippen LogP contribution in [0.5, 0.6) is 0 Å². The minimum absolute atomic E-state index is 0.0429. The standard InChI is InChI=1S/C15H17ClN4OS/c1-19(15(21)14-10-22-18-17-14)12-6-8-20(9-7-12)13-4-2-11(16)3-5-13/h2-5,10,12H,6-9H2,1H3. The minimum atomic E-state index is -0.0429. The number of amides is 1. The third-order valence-electron chi connectivity index (χ3n) is 4.10. The molecule has 1 amide bonds. The third-order valence-corrected chi connectivity index (χ3v) is 4.86. The highest BCUT2D eigenvalue weighted by atomic mass is 35.5. The second kappa shape index (κ2) is 6.62. The second-order valence-corrected chi connectivity index (χ2v) is 6.45. The highest BCUT2D eigenvalue weighted by Crippen LogP contribution is 2.24. The summed E-state index contributed by atoms with van der Waals surface area (Å²) in [4.78, 5) is 16.4. The van der Waals surface area contributed by atoms with E-state index in [9.17, 15) is 4.79 Å². The van der Waals surface area contributed by atoms with Gasteiger partial charge < -0.3 is 9.80 Å². The molecule has 5 nitrogen and oxygen atoms in total. The number of halogens is 1. The lowest BCUT2D eigenvalue weighted by molar-refractivity contribution is 0.0703. The van der Waals surface area contributed by atoms with Crippen molar-refractivity contribution < 1.29 is 4.79 Å². The molecule has 2 aromatic rings. The van der Waals surface area contributed by atoms with Crippen molar-refractivity contribution >= 4 is 34.7 Å². The van der Waals surface area contributed by atoms with Gasteiger partial charge >= 0.3 is 0 Å². The molecule has 1 fully saturated rings. The average Bonchev–Trinajstić information content (AvgIpc) is 3.09. The molecular formula is C15H17ClN4OS. The van der Waals surface area contributed by atoms with Crippen molar-refractivity contribution in [3.8, 4) is 0 Å².